The molecule has 0 saturated carbocycles. The summed E-state index contributed by atoms with van der Waals surface area (Å²) in [4.78, 5) is 30.5. The second kappa shape index (κ2) is 9.87. The average molecular weight is 442 g/mol. The van der Waals surface area contributed by atoms with Crippen LogP contribution in [0.1, 0.15) is 58.1 Å². The third kappa shape index (κ3) is 5.38. The number of amides is 2. The average Bonchev–Trinajstić information content (AvgIpc) is 3.38. The smallest absolute Gasteiger partial charge is 0.279 e. The van der Waals surface area contributed by atoms with Gasteiger partial charge in [0.25, 0.3) is 5.91 Å². The largest absolute Gasteiger partial charge is 0.441 e. The molecule has 1 aromatic carbocycles. The number of nitrogens with one attached hydrogen (secondary N) is 2. The monoisotopic (exact) mass is 441 g/mol. The molecule has 162 valence electrons. The van der Waals surface area contributed by atoms with Crippen molar-refractivity contribution in [3.63, 3.8) is 0 Å². The number of nitrogens with zero attached hydrogens (tertiary/aromatic N) is 1. The van der Waals surface area contributed by atoms with Crippen molar-refractivity contribution >= 4 is 23.2 Å². The number of fused-ring (bicyclic) bond motifs is 1. The number of benzene rings is 1. The molecule has 0 fully saturated rings. The molecule has 2 amide bonds. The molecule has 0 aliphatic heterocycles. The van der Waals surface area contributed by atoms with Crippen LogP contribution in [0.2, 0.25) is 0 Å². The molecule has 1 aliphatic carbocycles. The predicted octanol–water partition coefficient (Wildman–Crippen LogP) is 4.60. The summed E-state index contributed by atoms with van der Waals surface area (Å²) in [5.74, 6) is -0.406. The van der Waals surface area contributed by atoms with Crippen LogP contribution >= 0.6 is 11.3 Å². The molecule has 2 heterocycles. The number of oxazole rings is 1. The molecule has 0 unspecified atom stereocenters. The number of hydrazine groups is 1. The van der Waals surface area contributed by atoms with E-state index >= 15 is 0 Å². The van der Waals surface area contributed by atoms with Crippen molar-refractivity contribution in [3.05, 3.63) is 63.6 Å². The first kappa shape index (κ1) is 21.2. The lowest BCUT2D eigenvalue weighted by atomic mass is 10.00. The van der Waals surface area contributed by atoms with Gasteiger partial charge < -0.3 is 4.42 Å². The van der Waals surface area contributed by atoms with Crippen LogP contribution in [-0.4, -0.2) is 16.8 Å². The summed E-state index contributed by atoms with van der Waals surface area (Å²) in [6.45, 7) is 0. The molecule has 1 aliphatic rings. The maximum Gasteiger partial charge on any atom is 0.279 e. The van der Waals surface area contributed by atoms with Gasteiger partial charge in [-0.3, -0.25) is 20.4 Å². The van der Waals surface area contributed by atoms with Crippen molar-refractivity contribution in [3.8, 4) is 11.3 Å². The maximum atomic E-state index is 13.8. The number of thiophene rings is 1. The molecule has 8 heteroatoms. The fraction of sp³-hybridized carbons (Fsp3) is 0.348. The van der Waals surface area contributed by atoms with E-state index in [4.69, 9.17) is 4.42 Å². The maximum absolute atomic E-state index is 13.8. The molecular weight excluding hydrogens is 417 g/mol. The SMILES string of the molecule is O=C(CCc1ncc(-c2ccccc2F)o1)NNC(=O)c1cc2c(s1)CCCCCC2. The number of hydrogen-bond donors (Lipinski definition) is 2. The first-order valence-electron chi connectivity index (χ1n) is 10.5. The topological polar surface area (TPSA) is 84.2 Å². The molecule has 0 spiro atoms. The van der Waals surface area contributed by atoms with Gasteiger partial charge in [0.1, 0.15) is 5.82 Å². The van der Waals surface area contributed by atoms with E-state index in [0.29, 0.717) is 22.1 Å². The van der Waals surface area contributed by atoms with Crippen LogP contribution in [0.5, 0.6) is 0 Å². The van der Waals surface area contributed by atoms with Gasteiger partial charge in [-0.2, -0.15) is 0 Å². The number of carbonyl (C=O) groups excluding carboxylic acids is 2. The number of rotatable bonds is 5. The van der Waals surface area contributed by atoms with Crippen LogP contribution in [0.15, 0.2) is 40.9 Å². The van der Waals surface area contributed by atoms with E-state index < -0.39 is 5.82 Å². The molecular formula is C23H24FN3O3S. The lowest BCUT2D eigenvalue weighted by Gasteiger charge is -2.07. The number of hydrogen-bond acceptors (Lipinski definition) is 5. The number of halogens is 1. The zero-order chi connectivity index (χ0) is 21.6. The van der Waals surface area contributed by atoms with Gasteiger partial charge in [-0.1, -0.05) is 25.0 Å². The van der Waals surface area contributed by atoms with Crippen LogP contribution in [0.3, 0.4) is 0 Å². The Hall–Kier alpha value is -3.00. The van der Waals surface area contributed by atoms with Crippen molar-refractivity contribution < 1.29 is 18.4 Å². The van der Waals surface area contributed by atoms with Gasteiger partial charge in [0.2, 0.25) is 5.91 Å². The summed E-state index contributed by atoms with van der Waals surface area (Å²) in [7, 11) is 0. The van der Waals surface area contributed by atoms with E-state index in [0.717, 1.165) is 25.7 Å². The predicted molar refractivity (Wildman–Crippen MR) is 116 cm³/mol. The van der Waals surface area contributed by atoms with Gasteiger partial charge in [-0.05, 0) is 49.4 Å². The van der Waals surface area contributed by atoms with Gasteiger partial charge in [-0.25, -0.2) is 9.37 Å². The fourth-order valence-corrected chi connectivity index (χ4v) is 4.79. The molecule has 0 bridgehead atoms. The summed E-state index contributed by atoms with van der Waals surface area (Å²) >= 11 is 1.51. The van der Waals surface area contributed by atoms with Gasteiger partial charge >= 0.3 is 0 Å². The fourth-order valence-electron chi connectivity index (χ4n) is 3.64. The van der Waals surface area contributed by atoms with Gasteiger partial charge in [0.05, 0.1) is 16.6 Å². The Morgan fingerprint density at radius 3 is 2.74 bits per heavy atom. The molecule has 3 aromatic rings. The quantitative estimate of drug-likeness (QED) is 0.567. The Kier molecular flexibility index (Phi) is 6.76. The van der Waals surface area contributed by atoms with E-state index in [1.54, 1.807) is 18.2 Å². The zero-order valence-corrected chi connectivity index (χ0v) is 17.9. The highest BCUT2D eigenvalue weighted by Gasteiger charge is 2.17. The molecule has 0 saturated heterocycles. The van der Waals surface area contributed by atoms with Crippen LogP contribution in [0, 0.1) is 5.82 Å². The van der Waals surface area contributed by atoms with E-state index in [2.05, 4.69) is 15.8 Å². The molecule has 2 aromatic heterocycles. The number of aryl methyl sites for hydroxylation is 3. The van der Waals surface area contributed by atoms with Gasteiger partial charge in [-0.15, -0.1) is 11.3 Å². The second-order valence-corrected chi connectivity index (χ2v) is 8.71. The Labute approximate surface area is 183 Å². The first-order valence-corrected chi connectivity index (χ1v) is 11.3. The summed E-state index contributed by atoms with van der Waals surface area (Å²) in [6, 6.07) is 8.21. The molecule has 0 radical (unpaired) electrons. The number of carbonyl (C=O) groups is 2. The highest BCUT2D eigenvalue weighted by molar-refractivity contribution is 7.14. The van der Waals surface area contributed by atoms with Crippen molar-refractivity contribution in [1.82, 2.24) is 15.8 Å². The molecule has 2 N–H and O–H groups in total. The Balaban J connectivity index is 1.27. The summed E-state index contributed by atoms with van der Waals surface area (Å²) in [5.41, 5.74) is 6.51. The molecule has 31 heavy (non-hydrogen) atoms. The third-order valence-corrected chi connectivity index (χ3v) is 6.53. The standard InChI is InChI=1S/C23H24FN3O3S/c24-17-9-6-5-8-16(17)18-14-25-22(30-18)12-11-21(28)26-27-23(29)20-13-15-7-3-1-2-4-10-19(15)31-20/h5-6,8-9,13-14H,1-4,7,10-12H2,(H,26,28)(H,27,29). The third-order valence-electron chi connectivity index (χ3n) is 5.29. The van der Waals surface area contributed by atoms with E-state index in [-0.39, 0.29) is 24.7 Å². The second-order valence-electron chi connectivity index (χ2n) is 7.57. The van der Waals surface area contributed by atoms with Crippen LogP contribution in [-0.2, 0) is 24.1 Å². The Morgan fingerprint density at radius 1 is 1.10 bits per heavy atom. The summed E-state index contributed by atoms with van der Waals surface area (Å²) in [5, 5.41) is 0. The minimum absolute atomic E-state index is 0.0818. The van der Waals surface area contributed by atoms with Crippen molar-refractivity contribution in [1.29, 1.82) is 0 Å². The summed E-state index contributed by atoms with van der Waals surface area (Å²) < 4.78 is 19.4. The highest BCUT2D eigenvalue weighted by Crippen LogP contribution is 2.28. The molecule has 0 atom stereocenters. The Morgan fingerprint density at radius 2 is 1.90 bits per heavy atom. The highest BCUT2D eigenvalue weighted by atomic mass is 32.1. The van der Waals surface area contributed by atoms with Crippen LogP contribution in [0.25, 0.3) is 11.3 Å². The van der Waals surface area contributed by atoms with Crippen molar-refractivity contribution in [2.45, 2.75) is 51.4 Å². The lowest BCUT2D eigenvalue weighted by molar-refractivity contribution is -0.121. The van der Waals surface area contributed by atoms with E-state index in [9.17, 15) is 14.0 Å². The normalized spacial score (nSPS) is 13.7. The minimum Gasteiger partial charge on any atom is -0.441 e. The zero-order valence-electron chi connectivity index (χ0n) is 17.1. The Bertz CT molecular complexity index is 1050. The van der Waals surface area contributed by atoms with Gasteiger partial charge in [0, 0.05) is 17.7 Å². The van der Waals surface area contributed by atoms with Crippen molar-refractivity contribution in [2.24, 2.45) is 0 Å². The summed E-state index contributed by atoms with van der Waals surface area (Å²) in [6.07, 6.45) is 8.58. The molecule has 6 nitrogen and oxygen atoms in total. The van der Waals surface area contributed by atoms with Gasteiger partial charge in [0.15, 0.2) is 11.7 Å². The van der Waals surface area contributed by atoms with E-state index in [1.165, 1.54) is 46.9 Å². The first-order chi connectivity index (χ1) is 15.1. The van der Waals surface area contributed by atoms with Crippen molar-refractivity contribution in [2.75, 3.05) is 0 Å². The minimum atomic E-state index is -0.396. The van der Waals surface area contributed by atoms with E-state index in [1.807, 2.05) is 6.07 Å². The van der Waals surface area contributed by atoms with Crippen LogP contribution in [0.4, 0.5) is 4.39 Å². The number of aromatic nitrogens is 1. The molecule has 4 rings (SSSR count). The lowest BCUT2D eigenvalue weighted by Crippen LogP contribution is -2.41. The van der Waals surface area contributed by atoms with Crippen LogP contribution < -0.4 is 10.9 Å².